The largest absolute Gasteiger partial charge is 0.292 e. The molecule has 9 heteroatoms. The number of carbonyl (C=O) groups excluding carboxylic acids is 1. The van der Waals surface area contributed by atoms with Gasteiger partial charge in [-0.3, -0.25) is 19.7 Å². The van der Waals surface area contributed by atoms with Crippen LogP contribution in [0.15, 0.2) is 58.7 Å². The lowest BCUT2D eigenvalue weighted by Gasteiger charge is -2.02. The Morgan fingerprint density at radius 3 is 2.83 bits per heavy atom. The van der Waals surface area contributed by atoms with Gasteiger partial charge in [0.05, 0.1) is 27.1 Å². The van der Waals surface area contributed by atoms with Gasteiger partial charge in [-0.05, 0) is 37.6 Å². The first-order chi connectivity index (χ1) is 14.6. The van der Waals surface area contributed by atoms with Crippen LogP contribution in [0, 0.1) is 0 Å². The van der Waals surface area contributed by atoms with Crippen LogP contribution in [0.3, 0.4) is 0 Å². The van der Waals surface area contributed by atoms with E-state index >= 15 is 0 Å². The third-order valence-corrected chi connectivity index (χ3v) is 5.57. The average Bonchev–Trinajstić information content (AvgIpc) is 3.33. The van der Waals surface area contributed by atoms with Gasteiger partial charge in [0.25, 0.3) is 11.5 Å². The molecule has 3 aromatic heterocycles. The Morgan fingerprint density at radius 1 is 1.27 bits per heavy atom. The summed E-state index contributed by atoms with van der Waals surface area (Å²) in [6.45, 7) is 3.74. The first-order valence-corrected chi connectivity index (χ1v) is 10.3. The lowest BCUT2D eigenvalue weighted by atomic mass is 10.1. The molecule has 0 spiro atoms. The summed E-state index contributed by atoms with van der Waals surface area (Å²) < 4.78 is 2.45. The van der Waals surface area contributed by atoms with Crippen LogP contribution in [0.2, 0.25) is 0 Å². The molecule has 152 valence electrons. The van der Waals surface area contributed by atoms with Crippen molar-refractivity contribution in [3.8, 4) is 5.13 Å². The van der Waals surface area contributed by atoms with E-state index in [9.17, 15) is 9.59 Å². The van der Waals surface area contributed by atoms with Gasteiger partial charge in [-0.25, -0.2) is 10.4 Å². The number of rotatable bonds is 6. The van der Waals surface area contributed by atoms with Gasteiger partial charge in [0, 0.05) is 18.1 Å². The van der Waals surface area contributed by atoms with E-state index in [1.807, 2.05) is 31.2 Å². The Balaban J connectivity index is 1.70. The summed E-state index contributed by atoms with van der Waals surface area (Å²) >= 11 is 1.44. The van der Waals surface area contributed by atoms with Gasteiger partial charge in [-0.15, -0.1) is 0 Å². The van der Waals surface area contributed by atoms with Crippen molar-refractivity contribution in [2.24, 2.45) is 5.10 Å². The van der Waals surface area contributed by atoms with Crippen LogP contribution in [0.4, 0.5) is 0 Å². The molecular formula is C21H20N6O2S. The number of hydrogen-bond acceptors (Lipinski definition) is 6. The van der Waals surface area contributed by atoms with Crippen LogP contribution in [0.1, 0.15) is 41.9 Å². The molecule has 0 bridgehead atoms. The SMILES string of the molecule is CCCc1[nH]n(-c2nc3ccccc3s2)c(=O)c1C(C)=NNC(=O)c1cccnc1. The fraction of sp³-hybridized carbons (Fsp3) is 0.190. The molecule has 0 radical (unpaired) electrons. The molecule has 2 N–H and O–H groups in total. The van der Waals surface area contributed by atoms with Crippen molar-refractivity contribution in [1.82, 2.24) is 25.2 Å². The molecule has 0 unspecified atom stereocenters. The number of aromatic amines is 1. The third kappa shape index (κ3) is 3.79. The van der Waals surface area contributed by atoms with Crippen molar-refractivity contribution in [3.63, 3.8) is 0 Å². The molecule has 0 atom stereocenters. The van der Waals surface area contributed by atoms with Crippen LogP contribution in [0.5, 0.6) is 0 Å². The van der Waals surface area contributed by atoms with Crippen molar-refractivity contribution in [1.29, 1.82) is 0 Å². The summed E-state index contributed by atoms with van der Waals surface area (Å²) in [6, 6.07) is 11.1. The molecule has 3 heterocycles. The summed E-state index contributed by atoms with van der Waals surface area (Å²) in [5.74, 6) is -0.387. The Labute approximate surface area is 176 Å². The molecule has 0 saturated carbocycles. The van der Waals surface area contributed by atoms with Crippen molar-refractivity contribution in [2.75, 3.05) is 0 Å². The number of H-pyrrole nitrogens is 1. The Bertz CT molecular complexity index is 1250. The molecule has 0 aliphatic heterocycles. The molecule has 0 fully saturated rings. The number of nitrogens with one attached hydrogen (secondary N) is 2. The van der Waals surface area contributed by atoms with E-state index in [1.54, 1.807) is 25.3 Å². The third-order valence-electron chi connectivity index (χ3n) is 4.55. The molecule has 30 heavy (non-hydrogen) atoms. The van der Waals surface area contributed by atoms with Gasteiger partial charge in [0.1, 0.15) is 0 Å². The summed E-state index contributed by atoms with van der Waals surface area (Å²) in [7, 11) is 0. The number of para-hydroxylation sites is 1. The van der Waals surface area contributed by atoms with Gasteiger partial charge in [-0.2, -0.15) is 9.78 Å². The first-order valence-electron chi connectivity index (χ1n) is 9.53. The predicted octanol–water partition coefficient (Wildman–Crippen LogP) is 3.28. The van der Waals surface area contributed by atoms with Crippen LogP contribution >= 0.6 is 11.3 Å². The maximum Gasteiger partial charge on any atom is 0.282 e. The Kier molecular flexibility index (Phi) is 5.53. The minimum atomic E-state index is -0.387. The highest BCUT2D eigenvalue weighted by Crippen LogP contribution is 2.24. The number of nitrogens with zero attached hydrogens (tertiary/aromatic N) is 4. The van der Waals surface area contributed by atoms with Gasteiger partial charge < -0.3 is 0 Å². The smallest absolute Gasteiger partial charge is 0.282 e. The van der Waals surface area contributed by atoms with Gasteiger partial charge >= 0.3 is 0 Å². The van der Waals surface area contributed by atoms with Crippen molar-refractivity contribution >= 4 is 33.2 Å². The average molecular weight is 420 g/mol. The van der Waals surface area contributed by atoms with E-state index in [0.29, 0.717) is 28.4 Å². The van der Waals surface area contributed by atoms with Crippen LogP contribution < -0.4 is 11.0 Å². The monoisotopic (exact) mass is 420 g/mol. The highest BCUT2D eigenvalue weighted by atomic mass is 32.1. The zero-order valence-corrected chi connectivity index (χ0v) is 17.4. The molecule has 0 aliphatic carbocycles. The number of pyridine rings is 1. The highest BCUT2D eigenvalue weighted by molar-refractivity contribution is 7.20. The summed E-state index contributed by atoms with van der Waals surface area (Å²) in [4.78, 5) is 33.9. The maximum absolute atomic E-state index is 13.2. The first kappa shape index (κ1) is 19.7. The second-order valence-corrected chi connectivity index (χ2v) is 7.71. The summed E-state index contributed by atoms with van der Waals surface area (Å²) in [5, 5.41) is 7.91. The number of thiazole rings is 1. The van der Waals surface area contributed by atoms with Crippen molar-refractivity contribution in [3.05, 3.63) is 76.0 Å². The van der Waals surface area contributed by atoms with E-state index in [1.165, 1.54) is 22.2 Å². The number of amides is 1. The van der Waals surface area contributed by atoms with Crippen molar-refractivity contribution in [2.45, 2.75) is 26.7 Å². The quantitative estimate of drug-likeness (QED) is 0.369. The van der Waals surface area contributed by atoms with E-state index in [-0.39, 0.29) is 11.5 Å². The summed E-state index contributed by atoms with van der Waals surface area (Å²) in [5.41, 5.74) is 5.13. The van der Waals surface area contributed by atoms with Gasteiger partial charge in [0.2, 0.25) is 5.13 Å². The number of hydrogen-bond donors (Lipinski definition) is 2. The van der Waals surface area contributed by atoms with E-state index < -0.39 is 0 Å². The number of carbonyl (C=O) groups is 1. The molecule has 1 amide bonds. The minimum Gasteiger partial charge on any atom is -0.292 e. The van der Waals surface area contributed by atoms with Crippen LogP contribution in [0.25, 0.3) is 15.3 Å². The maximum atomic E-state index is 13.2. The van der Waals surface area contributed by atoms with Crippen LogP contribution in [-0.2, 0) is 6.42 Å². The Hall–Kier alpha value is -3.59. The highest BCUT2D eigenvalue weighted by Gasteiger charge is 2.19. The van der Waals surface area contributed by atoms with Crippen LogP contribution in [-0.4, -0.2) is 31.4 Å². The summed E-state index contributed by atoms with van der Waals surface area (Å²) in [6.07, 6.45) is 4.57. The fourth-order valence-electron chi connectivity index (χ4n) is 3.13. The second kappa shape index (κ2) is 8.42. The van der Waals surface area contributed by atoms with E-state index in [0.717, 1.165) is 22.3 Å². The zero-order chi connectivity index (χ0) is 21.1. The predicted molar refractivity (Wildman–Crippen MR) is 117 cm³/mol. The molecule has 4 rings (SSSR count). The normalized spacial score (nSPS) is 11.7. The van der Waals surface area contributed by atoms with E-state index in [4.69, 9.17) is 0 Å². The molecular weight excluding hydrogens is 400 g/mol. The number of aryl methyl sites for hydroxylation is 1. The second-order valence-electron chi connectivity index (χ2n) is 6.70. The lowest BCUT2D eigenvalue weighted by Crippen LogP contribution is -2.23. The van der Waals surface area contributed by atoms with E-state index in [2.05, 4.69) is 25.6 Å². The number of fused-ring (bicyclic) bond motifs is 1. The number of benzene rings is 1. The molecule has 0 saturated heterocycles. The minimum absolute atomic E-state index is 0.241. The number of hydrazone groups is 1. The molecule has 1 aromatic carbocycles. The molecule has 4 aromatic rings. The topological polar surface area (TPSA) is 105 Å². The van der Waals surface area contributed by atoms with Crippen molar-refractivity contribution < 1.29 is 4.79 Å². The Morgan fingerprint density at radius 2 is 2.10 bits per heavy atom. The molecule has 0 aliphatic rings. The fourth-order valence-corrected chi connectivity index (χ4v) is 4.05. The van der Waals surface area contributed by atoms with Gasteiger partial charge in [0.15, 0.2) is 0 Å². The number of aromatic nitrogens is 4. The van der Waals surface area contributed by atoms with Gasteiger partial charge in [-0.1, -0.05) is 36.8 Å². The zero-order valence-electron chi connectivity index (χ0n) is 16.5. The molecule has 8 nitrogen and oxygen atoms in total. The lowest BCUT2D eigenvalue weighted by molar-refractivity contribution is 0.0954. The standard InChI is InChI=1S/C21H20N6O2S/c1-3-7-16-18(13(2)24-25-19(28)14-8-6-11-22-12-14)20(29)27(26-16)21-23-15-9-4-5-10-17(15)30-21/h4-6,8-12,26H,3,7H2,1-2H3,(H,25,28).